The fourth-order valence-corrected chi connectivity index (χ4v) is 2.26. The summed E-state index contributed by atoms with van der Waals surface area (Å²) in [6.07, 6.45) is 0. The minimum absolute atomic E-state index is 0.199. The molecule has 0 unspecified atom stereocenters. The van der Waals surface area contributed by atoms with Crippen molar-refractivity contribution < 1.29 is 20.3 Å². The number of hydrogen-bond acceptors (Lipinski definition) is 5. The van der Waals surface area contributed by atoms with Gasteiger partial charge in [0, 0.05) is 15.5 Å². The first-order chi connectivity index (χ1) is 6.61. The molecule has 14 heavy (non-hydrogen) atoms. The van der Waals surface area contributed by atoms with Gasteiger partial charge in [-0.05, 0) is 17.5 Å². The zero-order valence-electron chi connectivity index (χ0n) is 7.01. The standard InChI is InChI=1S/C8H7BO4S/c10-6-3-5(9(12)13)8-4(7(6)11)1-2-14-8/h1-3,10-13H. The maximum absolute atomic E-state index is 9.45. The van der Waals surface area contributed by atoms with Crippen molar-refractivity contribution in [2.45, 2.75) is 0 Å². The first kappa shape index (κ1) is 9.33. The van der Waals surface area contributed by atoms with E-state index in [0.717, 1.165) is 6.07 Å². The number of aromatic hydroxyl groups is 2. The average Bonchev–Trinajstić information content (AvgIpc) is 2.59. The van der Waals surface area contributed by atoms with E-state index in [1.54, 1.807) is 11.4 Å². The van der Waals surface area contributed by atoms with Gasteiger partial charge in [-0.2, -0.15) is 0 Å². The summed E-state index contributed by atoms with van der Waals surface area (Å²) in [7, 11) is -1.65. The van der Waals surface area contributed by atoms with Crippen LogP contribution in [0.15, 0.2) is 17.5 Å². The molecule has 0 aliphatic rings. The van der Waals surface area contributed by atoms with Gasteiger partial charge in [0.25, 0.3) is 0 Å². The van der Waals surface area contributed by atoms with Gasteiger partial charge in [0.1, 0.15) is 0 Å². The van der Waals surface area contributed by atoms with E-state index >= 15 is 0 Å². The molecule has 0 aliphatic heterocycles. The Morgan fingerprint density at radius 2 is 1.93 bits per heavy atom. The van der Waals surface area contributed by atoms with Crippen LogP contribution < -0.4 is 5.46 Å². The molecular formula is C8H7BO4S. The van der Waals surface area contributed by atoms with Crippen LogP contribution in [0.25, 0.3) is 10.1 Å². The number of fused-ring (bicyclic) bond motifs is 1. The topological polar surface area (TPSA) is 80.9 Å². The molecule has 1 aromatic heterocycles. The van der Waals surface area contributed by atoms with E-state index < -0.39 is 7.12 Å². The van der Waals surface area contributed by atoms with Crippen molar-refractivity contribution in [3.8, 4) is 11.5 Å². The monoisotopic (exact) mass is 210 g/mol. The van der Waals surface area contributed by atoms with Crippen molar-refractivity contribution in [3.05, 3.63) is 17.5 Å². The normalized spacial score (nSPS) is 10.7. The maximum Gasteiger partial charge on any atom is 0.490 e. The molecule has 0 amide bonds. The quantitative estimate of drug-likeness (QED) is 0.394. The molecule has 1 aromatic carbocycles. The van der Waals surface area contributed by atoms with E-state index in [-0.39, 0.29) is 17.0 Å². The molecular weight excluding hydrogens is 203 g/mol. The highest BCUT2D eigenvalue weighted by Gasteiger charge is 2.19. The molecule has 0 spiro atoms. The molecule has 1 heterocycles. The van der Waals surface area contributed by atoms with Gasteiger partial charge in [-0.25, -0.2) is 0 Å². The Morgan fingerprint density at radius 3 is 2.57 bits per heavy atom. The SMILES string of the molecule is OB(O)c1cc(O)c(O)c2ccsc12. The van der Waals surface area contributed by atoms with Gasteiger partial charge in [0.2, 0.25) is 0 Å². The fraction of sp³-hybridized carbons (Fsp3) is 0. The Balaban J connectivity index is 2.84. The van der Waals surface area contributed by atoms with E-state index in [1.807, 2.05) is 0 Å². The van der Waals surface area contributed by atoms with Gasteiger partial charge in [0.15, 0.2) is 11.5 Å². The van der Waals surface area contributed by atoms with Crippen LogP contribution in [0.3, 0.4) is 0 Å². The number of phenolic OH excluding ortho intramolecular Hbond substituents is 2. The Morgan fingerprint density at radius 1 is 1.21 bits per heavy atom. The van der Waals surface area contributed by atoms with Gasteiger partial charge in [-0.15, -0.1) is 11.3 Å². The highest BCUT2D eigenvalue weighted by atomic mass is 32.1. The molecule has 0 aliphatic carbocycles. The first-order valence-corrected chi connectivity index (χ1v) is 4.77. The predicted octanol–water partition coefficient (Wildman–Crippen LogP) is -0.00770. The predicted molar refractivity (Wildman–Crippen MR) is 55.0 cm³/mol. The van der Waals surface area contributed by atoms with Crippen molar-refractivity contribution in [2.75, 3.05) is 0 Å². The van der Waals surface area contributed by atoms with Crippen LogP contribution in [0.2, 0.25) is 0 Å². The lowest BCUT2D eigenvalue weighted by Gasteiger charge is -2.05. The van der Waals surface area contributed by atoms with Gasteiger partial charge in [-0.1, -0.05) is 0 Å². The second-order valence-electron chi connectivity index (χ2n) is 2.87. The maximum atomic E-state index is 9.45. The third-order valence-corrected chi connectivity index (χ3v) is 2.96. The van der Waals surface area contributed by atoms with Crippen LogP contribution in [0.5, 0.6) is 11.5 Å². The summed E-state index contributed by atoms with van der Waals surface area (Å²) in [5.41, 5.74) is 0.199. The molecule has 4 nitrogen and oxygen atoms in total. The van der Waals surface area contributed by atoms with Crippen molar-refractivity contribution in [1.82, 2.24) is 0 Å². The van der Waals surface area contributed by atoms with Crippen molar-refractivity contribution in [1.29, 1.82) is 0 Å². The lowest BCUT2D eigenvalue weighted by atomic mass is 9.79. The van der Waals surface area contributed by atoms with Gasteiger partial charge < -0.3 is 20.3 Å². The van der Waals surface area contributed by atoms with Crippen LogP contribution >= 0.6 is 11.3 Å². The molecule has 0 atom stereocenters. The molecule has 72 valence electrons. The van der Waals surface area contributed by atoms with E-state index in [2.05, 4.69) is 0 Å². The molecule has 2 aromatic rings. The summed E-state index contributed by atoms with van der Waals surface area (Å²) < 4.78 is 0.565. The van der Waals surface area contributed by atoms with Gasteiger partial charge in [-0.3, -0.25) is 0 Å². The molecule has 2 rings (SSSR count). The Bertz CT molecular complexity index is 479. The van der Waals surface area contributed by atoms with Crippen LogP contribution in [0, 0.1) is 0 Å². The van der Waals surface area contributed by atoms with Crippen LogP contribution in [-0.4, -0.2) is 27.4 Å². The highest BCUT2D eigenvalue weighted by molar-refractivity contribution is 7.18. The van der Waals surface area contributed by atoms with Gasteiger partial charge >= 0.3 is 7.12 Å². The van der Waals surface area contributed by atoms with Crippen LogP contribution in [0.4, 0.5) is 0 Å². The Kier molecular flexibility index (Phi) is 2.11. The summed E-state index contributed by atoms with van der Waals surface area (Å²) in [4.78, 5) is 0. The second-order valence-corrected chi connectivity index (χ2v) is 3.79. The van der Waals surface area contributed by atoms with Crippen LogP contribution in [-0.2, 0) is 0 Å². The Labute approximate surface area is 83.8 Å². The lowest BCUT2D eigenvalue weighted by Crippen LogP contribution is -2.29. The second kappa shape index (κ2) is 3.16. The van der Waals surface area contributed by atoms with Crippen molar-refractivity contribution >= 4 is 34.0 Å². The summed E-state index contributed by atoms with van der Waals surface area (Å²) in [6.45, 7) is 0. The number of hydrogen-bond donors (Lipinski definition) is 4. The molecule has 6 heteroatoms. The van der Waals surface area contributed by atoms with Crippen LogP contribution in [0.1, 0.15) is 0 Å². The zero-order chi connectivity index (χ0) is 10.3. The number of benzene rings is 1. The molecule has 4 N–H and O–H groups in total. The first-order valence-electron chi connectivity index (χ1n) is 3.89. The molecule has 0 saturated carbocycles. The summed E-state index contributed by atoms with van der Waals surface area (Å²) in [5.74, 6) is -0.579. The average molecular weight is 210 g/mol. The molecule has 0 radical (unpaired) electrons. The fourth-order valence-electron chi connectivity index (χ4n) is 1.33. The minimum atomic E-state index is -1.65. The molecule has 0 bridgehead atoms. The molecule has 0 saturated heterocycles. The summed E-state index contributed by atoms with van der Waals surface area (Å²) in [6, 6.07) is 2.76. The third kappa shape index (κ3) is 1.24. The number of phenols is 2. The summed E-state index contributed by atoms with van der Waals surface area (Å²) >= 11 is 1.27. The van der Waals surface area contributed by atoms with Gasteiger partial charge in [0.05, 0.1) is 0 Å². The van der Waals surface area contributed by atoms with Crippen molar-refractivity contribution in [3.63, 3.8) is 0 Å². The summed E-state index contributed by atoms with van der Waals surface area (Å²) in [5, 5.41) is 38.9. The van der Waals surface area contributed by atoms with E-state index in [9.17, 15) is 10.2 Å². The number of rotatable bonds is 1. The largest absolute Gasteiger partial charge is 0.504 e. The smallest absolute Gasteiger partial charge is 0.490 e. The van der Waals surface area contributed by atoms with E-state index in [4.69, 9.17) is 10.0 Å². The Hall–Kier alpha value is -1.24. The highest BCUT2D eigenvalue weighted by Crippen LogP contribution is 2.34. The third-order valence-electron chi connectivity index (χ3n) is 2.00. The van der Waals surface area contributed by atoms with E-state index in [1.165, 1.54) is 11.3 Å². The van der Waals surface area contributed by atoms with E-state index in [0.29, 0.717) is 10.1 Å². The molecule has 0 fully saturated rings. The van der Waals surface area contributed by atoms with Crippen molar-refractivity contribution in [2.24, 2.45) is 0 Å². The minimum Gasteiger partial charge on any atom is -0.504 e. The lowest BCUT2D eigenvalue weighted by molar-refractivity contribution is 0.407. The zero-order valence-corrected chi connectivity index (χ0v) is 7.82. The number of thiophene rings is 1.